The zero-order chi connectivity index (χ0) is 20.6. The van der Waals surface area contributed by atoms with Crippen LogP contribution in [0.25, 0.3) is 11.2 Å². The van der Waals surface area contributed by atoms with Gasteiger partial charge in [0.1, 0.15) is 0 Å². The second kappa shape index (κ2) is 7.67. The zero-order valence-electron chi connectivity index (χ0n) is 16.6. The Hall–Kier alpha value is -2.81. The maximum absolute atomic E-state index is 12.3. The molecule has 0 bridgehead atoms. The molecule has 0 unspecified atom stereocenters. The minimum atomic E-state index is -0.423. The molecule has 148 valence electrons. The van der Waals surface area contributed by atoms with Crippen LogP contribution < -0.4 is 16.6 Å². The molecule has 9 heteroatoms. The van der Waals surface area contributed by atoms with Crippen LogP contribution in [0.2, 0.25) is 0 Å². The van der Waals surface area contributed by atoms with Crippen LogP contribution in [0.1, 0.15) is 17.5 Å². The molecule has 28 heavy (non-hydrogen) atoms. The number of imidazole rings is 1. The van der Waals surface area contributed by atoms with E-state index in [-0.39, 0.29) is 11.4 Å². The van der Waals surface area contributed by atoms with E-state index in [2.05, 4.69) is 10.3 Å². The topological polar surface area (TPSA) is 90.9 Å². The van der Waals surface area contributed by atoms with E-state index in [9.17, 15) is 14.4 Å². The number of nitrogens with zero attached hydrogens (tertiary/aromatic N) is 4. The van der Waals surface area contributed by atoms with Gasteiger partial charge >= 0.3 is 5.69 Å². The largest absolute Gasteiger partial charge is 0.332 e. The van der Waals surface area contributed by atoms with E-state index in [0.717, 1.165) is 21.4 Å². The molecule has 1 aromatic carbocycles. The summed E-state index contributed by atoms with van der Waals surface area (Å²) in [5, 5.41) is 3.52. The zero-order valence-corrected chi connectivity index (χ0v) is 17.4. The van der Waals surface area contributed by atoms with Crippen molar-refractivity contribution in [3.8, 4) is 0 Å². The van der Waals surface area contributed by atoms with Crippen LogP contribution in [-0.2, 0) is 25.9 Å². The number of amides is 1. The minimum absolute atomic E-state index is 0.0803. The summed E-state index contributed by atoms with van der Waals surface area (Å²) < 4.78 is 4.16. The molecule has 0 radical (unpaired) electrons. The molecule has 1 N–H and O–H groups in total. The summed E-state index contributed by atoms with van der Waals surface area (Å²) >= 11 is 1.38. The van der Waals surface area contributed by atoms with E-state index in [1.54, 1.807) is 18.7 Å². The Balaban J connectivity index is 1.73. The number of fused-ring (bicyclic) bond motifs is 1. The summed E-state index contributed by atoms with van der Waals surface area (Å²) in [7, 11) is 4.80. The van der Waals surface area contributed by atoms with Crippen molar-refractivity contribution < 1.29 is 4.79 Å². The number of benzene rings is 1. The van der Waals surface area contributed by atoms with Gasteiger partial charge in [0.05, 0.1) is 0 Å². The molecule has 0 saturated carbocycles. The predicted molar refractivity (Wildman–Crippen MR) is 111 cm³/mol. The van der Waals surface area contributed by atoms with Crippen molar-refractivity contribution in [2.45, 2.75) is 25.4 Å². The molecular weight excluding hydrogens is 378 g/mol. The van der Waals surface area contributed by atoms with Crippen molar-refractivity contribution in [1.82, 2.24) is 18.7 Å². The van der Waals surface area contributed by atoms with E-state index >= 15 is 0 Å². The molecule has 0 fully saturated rings. The SMILES string of the molecule is Cc1ccc(C)c(NC(=O)CCSc2nc3c(=O)n(C)c(=O)n(C)c3n2C)c1. The van der Waals surface area contributed by atoms with Gasteiger partial charge in [-0.25, -0.2) is 9.78 Å². The average Bonchev–Trinajstić information content (AvgIpc) is 2.98. The summed E-state index contributed by atoms with van der Waals surface area (Å²) in [6, 6.07) is 5.93. The van der Waals surface area contributed by atoms with Gasteiger partial charge in [-0.05, 0) is 31.0 Å². The molecule has 0 aliphatic heterocycles. The quantitative estimate of drug-likeness (QED) is 0.657. The van der Waals surface area contributed by atoms with Crippen molar-refractivity contribution in [3.63, 3.8) is 0 Å². The van der Waals surface area contributed by atoms with E-state index < -0.39 is 11.2 Å². The third kappa shape index (κ3) is 3.62. The maximum Gasteiger partial charge on any atom is 0.332 e. The van der Waals surface area contributed by atoms with Gasteiger partial charge in [0.25, 0.3) is 5.56 Å². The van der Waals surface area contributed by atoms with Crippen LogP contribution >= 0.6 is 11.8 Å². The van der Waals surface area contributed by atoms with Crippen molar-refractivity contribution in [1.29, 1.82) is 0 Å². The second-order valence-corrected chi connectivity index (χ2v) is 7.86. The Morgan fingerprint density at radius 1 is 1.11 bits per heavy atom. The van der Waals surface area contributed by atoms with Crippen LogP contribution in [0.4, 0.5) is 5.69 Å². The summed E-state index contributed by atoms with van der Waals surface area (Å²) in [5.74, 6) is 0.422. The minimum Gasteiger partial charge on any atom is -0.326 e. The van der Waals surface area contributed by atoms with Crippen molar-refractivity contribution in [3.05, 3.63) is 50.2 Å². The van der Waals surface area contributed by atoms with Crippen molar-refractivity contribution in [2.24, 2.45) is 21.1 Å². The first kappa shape index (κ1) is 19.9. The molecular formula is C19H23N5O3S. The molecule has 1 amide bonds. The Labute approximate surface area is 166 Å². The lowest BCUT2D eigenvalue weighted by Crippen LogP contribution is -2.37. The second-order valence-electron chi connectivity index (χ2n) is 6.80. The average molecular weight is 401 g/mol. The number of hydrogen-bond donors (Lipinski definition) is 1. The highest BCUT2D eigenvalue weighted by molar-refractivity contribution is 7.99. The molecule has 0 aliphatic rings. The number of hydrogen-bond acceptors (Lipinski definition) is 5. The first-order valence-electron chi connectivity index (χ1n) is 8.83. The van der Waals surface area contributed by atoms with Crippen LogP contribution in [0, 0.1) is 13.8 Å². The van der Waals surface area contributed by atoms with Crippen LogP contribution in [0.5, 0.6) is 0 Å². The smallest absolute Gasteiger partial charge is 0.326 e. The molecule has 8 nitrogen and oxygen atoms in total. The number of rotatable bonds is 5. The molecule has 2 aromatic heterocycles. The monoisotopic (exact) mass is 401 g/mol. The first-order chi connectivity index (χ1) is 13.2. The molecule has 0 saturated heterocycles. The summed E-state index contributed by atoms with van der Waals surface area (Å²) in [6.45, 7) is 3.93. The maximum atomic E-state index is 12.3. The highest BCUT2D eigenvalue weighted by Gasteiger charge is 2.17. The molecule has 2 heterocycles. The van der Waals surface area contributed by atoms with Gasteiger partial charge in [0.2, 0.25) is 5.91 Å². The van der Waals surface area contributed by atoms with E-state index in [4.69, 9.17) is 0 Å². The highest BCUT2D eigenvalue weighted by Crippen LogP contribution is 2.21. The number of aromatic nitrogens is 4. The van der Waals surface area contributed by atoms with Crippen LogP contribution in [0.3, 0.4) is 0 Å². The van der Waals surface area contributed by atoms with Gasteiger partial charge in [0.15, 0.2) is 16.3 Å². The third-order valence-corrected chi connectivity index (χ3v) is 5.68. The standard InChI is InChI=1S/C19H23N5O3S/c1-11-6-7-12(2)13(10-11)20-14(25)8-9-28-18-21-15-16(22(18)3)23(4)19(27)24(5)17(15)26/h6-7,10H,8-9H2,1-5H3,(H,20,25). The fraction of sp³-hybridized carbons (Fsp3) is 0.368. The van der Waals surface area contributed by atoms with Gasteiger partial charge < -0.3 is 9.88 Å². The summed E-state index contributed by atoms with van der Waals surface area (Å²) in [4.78, 5) is 41.1. The normalized spacial score (nSPS) is 11.2. The lowest BCUT2D eigenvalue weighted by atomic mass is 10.1. The fourth-order valence-corrected chi connectivity index (χ4v) is 3.91. The summed E-state index contributed by atoms with van der Waals surface area (Å²) in [6.07, 6.45) is 0.304. The fourth-order valence-electron chi connectivity index (χ4n) is 3.01. The lowest BCUT2D eigenvalue weighted by Gasteiger charge is -2.09. The van der Waals surface area contributed by atoms with E-state index in [1.807, 2.05) is 32.0 Å². The van der Waals surface area contributed by atoms with Crippen LogP contribution in [0.15, 0.2) is 32.9 Å². The molecule has 3 aromatic rings. The van der Waals surface area contributed by atoms with Gasteiger partial charge in [-0.1, -0.05) is 23.9 Å². The Kier molecular flexibility index (Phi) is 5.46. The lowest BCUT2D eigenvalue weighted by molar-refractivity contribution is -0.115. The number of anilines is 1. The summed E-state index contributed by atoms with van der Waals surface area (Å²) in [5.41, 5.74) is 2.81. The van der Waals surface area contributed by atoms with Gasteiger partial charge in [-0.15, -0.1) is 0 Å². The number of aryl methyl sites for hydroxylation is 4. The Morgan fingerprint density at radius 3 is 2.54 bits per heavy atom. The number of nitrogens with one attached hydrogen (secondary N) is 1. The Bertz CT molecular complexity index is 1190. The highest BCUT2D eigenvalue weighted by atomic mass is 32.2. The number of carbonyl (C=O) groups is 1. The van der Waals surface area contributed by atoms with Gasteiger partial charge in [-0.3, -0.25) is 18.7 Å². The molecule has 3 rings (SSSR count). The van der Waals surface area contributed by atoms with E-state index in [1.165, 1.54) is 23.4 Å². The molecule has 0 aliphatic carbocycles. The predicted octanol–water partition coefficient (Wildman–Crippen LogP) is 1.71. The van der Waals surface area contributed by atoms with Gasteiger partial charge in [-0.2, -0.15) is 0 Å². The number of carbonyl (C=O) groups excluding carboxylic acids is 1. The van der Waals surface area contributed by atoms with Crippen molar-refractivity contribution >= 4 is 34.5 Å². The Morgan fingerprint density at radius 2 is 1.82 bits per heavy atom. The molecule has 0 atom stereocenters. The third-order valence-electron chi connectivity index (χ3n) is 4.65. The van der Waals surface area contributed by atoms with E-state index in [0.29, 0.717) is 23.0 Å². The molecule has 0 spiro atoms. The number of thioether (sulfide) groups is 1. The van der Waals surface area contributed by atoms with Crippen LogP contribution in [-0.4, -0.2) is 30.3 Å². The van der Waals surface area contributed by atoms with Crippen molar-refractivity contribution in [2.75, 3.05) is 11.1 Å². The first-order valence-corrected chi connectivity index (χ1v) is 9.81. The van der Waals surface area contributed by atoms with Gasteiger partial charge in [0, 0.05) is 39.0 Å².